The molecule has 2 aromatic rings. The van der Waals surface area contributed by atoms with Gasteiger partial charge in [0.2, 0.25) is 5.91 Å². The van der Waals surface area contributed by atoms with Gasteiger partial charge in [-0.05, 0) is 30.5 Å². The second-order valence-electron chi connectivity index (χ2n) is 6.94. The summed E-state index contributed by atoms with van der Waals surface area (Å²) in [4.78, 5) is 39.6. The fraction of sp³-hybridized carbons (Fsp3) is 0.476. The van der Waals surface area contributed by atoms with Crippen LogP contribution in [0.2, 0.25) is 0 Å². The van der Waals surface area contributed by atoms with E-state index in [9.17, 15) is 14.4 Å². The van der Waals surface area contributed by atoms with E-state index in [1.165, 1.54) is 13.2 Å². The van der Waals surface area contributed by atoms with Crippen molar-refractivity contribution in [1.82, 2.24) is 9.80 Å². The Balaban J connectivity index is 1.60. The number of carbonyl (C=O) groups excluding carboxylic acids is 2. The molecule has 29 heavy (non-hydrogen) atoms. The van der Waals surface area contributed by atoms with Crippen LogP contribution >= 0.6 is 0 Å². The van der Waals surface area contributed by atoms with Crippen molar-refractivity contribution >= 4 is 22.8 Å². The molecule has 1 aromatic heterocycles. The molecule has 0 unspecified atom stereocenters. The maximum absolute atomic E-state index is 12.5. The summed E-state index contributed by atoms with van der Waals surface area (Å²) in [6, 6.07) is 6.73. The summed E-state index contributed by atoms with van der Waals surface area (Å²) in [6.07, 6.45) is 1.43. The Kier molecular flexibility index (Phi) is 6.87. The molecule has 3 rings (SSSR count). The molecule has 0 bridgehead atoms. The van der Waals surface area contributed by atoms with Crippen molar-refractivity contribution in [2.24, 2.45) is 0 Å². The molecule has 0 N–H and O–H groups in total. The molecule has 1 aromatic carbocycles. The third-order valence-corrected chi connectivity index (χ3v) is 5.01. The summed E-state index contributed by atoms with van der Waals surface area (Å²) in [6.45, 7) is 4.03. The number of methoxy groups -OCH3 is 1. The van der Waals surface area contributed by atoms with E-state index < -0.39 is 5.63 Å². The molecule has 156 valence electrons. The predicted octanol–water partition coefficient (Wildman–Crippen LogP) is 1.44. The van der Waals surface area contributed by atoms with E-state index in [1.54, 1.807) is 21.9 Å². The lowest BCUT2D eigenvalue weighted by Gasteiger charge is -2.22. The molecule has 1 aliphatic heterocycles. The number of rotatable bonds is 6. The van der Waals surface area contributed by atoms with E-state index in [-0.39, 0.29) is 25.0 Å². The van der Waals surface area contributed by atoms with Crippen LogP contribution in [0.3, 0.4) is 0 Å². The fourth-order valence-corrected chi connectivity index (χ4v) is 3.46. The van der Waals surface area contributed by atoms with E-state index in [0.717, 1.165) is 17.4 Å². The smallest absolute Gasteiger partial charge is 0.336 e. The predicted molar refractivity (Wildman–Crippen MR) is 107 cm³/mol. The second-order valence-corrected chi connectivity index (χ2v) is 6.94. The van der Waals surface area contributed by atoms with Crippen LogP contribution in [0.25, 0.3) is 11.0 Å². The number of ether oxygens (including phenoxy) is 2. The van der Waals surface area contributed by atoms with Gasteiger partial charge in [-0.3, -0.25) is 9.59 Å². The van der Waals surface area contributed by atoms with Crippen LogP contribution in [-0.4, -0.2) is 68.1 Å². The molecule has 1 fully saturated rings. The standard InChI is InChI=1S/C21H26N2O6/c1-3-15-11-21(26)29-18-12-16(5-6-17(15)18)28-14-20(25)23-8-4-7-22(9-10-23)19(24)13-27-2/h5-6,11-12H,3-4,7-10,13-14H2,1-2H3. The average molecular weight is 402 g/mol. The summed E-state index contributed by atoms with van der Waals surface area (Å²) in [5.41, 5.74) is 0.956. The zero-order valence-corrected chi connectivity index (χ0v) is 16.8. The van der Waals surface area contributed by atoms with E-state index in [2.05, 4.69) is 0 Å². The first-order chi connectivity index (χ1) is 14.0. The van der Waals surface area contributed by atoms with Crippen LogP contribution in [0.15, 0.2) is 33.5 Å². The first-order valence-corrected chi connectivity index (χ1v) is 9.76. The Morgan fingerprint density at radius 2 is 1.72 bits per heavy atom. The van der Waals surface area contributed by atoms with Gasteiger partial charge in [0, 0.05) is 50.8 Å². The Bertz CT molecular complexity index is 938. The van der Waals surface area contributed by atoms with E-state index in [1.807, 2.05) is 13.0 Å². The van der Waals surface area contributed by atoms with Crippen molar-refractivity contribution in [3.63, 3.8) is 0 Å². The highest BCUT2D eigenvalue weighted by Crippen LogP contribution is 2.23. The van der Waals surface area contributed by atoms with Crippen LogP contribution in [0.1, 0.15) is 18.9 Å². The highest BCUT2D eigenvalue weighted by Gasteiger charge is 2.22. The SMILES string of the molecule is CCc1cc(=O)oc2cc(OCC(=O)N3CCCN(C(=O)COC)CC3)ccc12. The molecule has 2 amide bonds. The lowest BCUT2D eigenvalue weighted by Crippen LogP contribution is -2.40. The van der Waals surface area contributed by atoms with Crippen LogP contribution < -0.4 is 10.4 Å². The number of hydrogen-bond donors (Lipinski definition) is 0. The van der Waals surface area contributed by atoms with Crippen LogP contribution in [0.4, 0.5) is 0 Å². The number of amides is 2. The van der Waals surface area contributed by atoms with Crippen molar-refractivity contribution in [2.75, 3.05) is 46.5 Å². The quantitative estimate of drug-likeness (QED) is 0.680. The minimum Gasteiger partial charge on any atom is -0.484 e. The largest absolute Gasteiger partial charge is 0.484 e. The zero-order valence-electron chi connectivity index (χ0n) is 16.8. The second kappa shape index (κ2) is 9.56. The molecular formula is C21H26N2O6. The van der Waals surface area contributed by atoms with Crippen molar-refractivity contribution in [1.29, 1.82) is 0 Å². The minimum absolute atomic E-state index is 0.0505. The Morgan fingerprint density at radius 1 is 1.03 bits per heavy atom. The molecule has 1 saturated heterocycles. The van der Waals surface area contributed by atoms with Gasteiger partial charge in [-0.15, -0.1) is 0 Å². The fourth-order valence-electron chi connectivity index (χ4n) is 3.46. The van der Waals surface area contributed by atoms with Gasteiger partial charge in [0.05, 0.1) is 0 Å². The summed E-state index contributed by atoms with van der Waals surface area (Å²) in [7, 11) is 1.49. The van der Waals surface area contributed by atoms with Crippen molar-refractivity contribution in [2.45, 2.75) is 19.8 Å². The highest BCUT2D eigenvalue weighted by atomic mass is 16.5. The topological polar surface area (TPSA) is 89.3 Å². The Morgan fingerprint density at radius 3 is 2.38 bits per heavy atom. The molecule has 8 heteroatoms. The van der Waals surface area contributed by atoms with Crippen LogP contribution in [-0.2, 0) is 20.7 Å². The van der Waals surface area contributed by atoms with Gasteiger partial charge in [-0.2, -0.15) is 0 Å². The molecule has 1 aliphatic rings. The molecular weight excluding hydrogens is 376 g/mol. The monoisotopic (exact) mass is 402 g/mol. The number of hydrogen-bond acceptors (Lipinski definition) is 6. The van der Waals surface area contributed by atoms with Gasteiger partial charge < -0.3 is 23.7 Å². The zero-order chi connectivity index (χ0) is 20.8. The first-order valence-electron chi connectivity index (χ1n) is 9.76. The number of aryl methyl sites for hydroxylation is 1. The molecule has 2 heterocycles. The minimum atomic E-state index is -0.403. The van der Waals surface area contributed by atoms with Gasteiger partial charge in [-0.25, -0.2) is 4.79 Å². The molecule has 0 spiro atoms. The number of benzene rings is 1. The molecule has 0 radical (unpaired) electrons. The van der Waals surface area contributed by atoms with Crippen molar-refractivity contribution < 1.29 is 23.5 Å². The number of carbonyl (C=O) groups is 2. The van der Waals surface area contributed by atoms with Gasteiger partial charge in [-0.1, -0.05) is 6.92 Å². The lowest BCUT2D eigenvalue weighted by atomic mass is 10.1. The maximum Gasteiger partial charge on any atom is 0.336 e. The van der Waals surface area contributed by atoms with E-state index in [0.29, 0.717) is 43.9 Å². The lowest BCUT2D eigenvalue weighted by molar-refractivity contribution is -0.136. The summed E-state index contributed by atoms with van der Waals surface area (Å²) in [5.74, 6) is 0.256. The van der Waals surface area contributed by atoms with E-state index >= 15 is 0 Å². The summed E-state index contributed by atoms with van der Waals surface area (Å²) >= 11 is 0. The van der Waals surface area contributed by atoms with Gasteiger partial charge in [0.15, 0.2) is 6.61 Å². The molecule has 8 nitrogen and oxygen atoms in total. The Hall–Kier alpha value is -2.87. The number of fused-ring (bicyclic) bond motifs is 1. The summed E-state index contributed by atoms with van der Waals surface area (Å²) < 4.78 is 15.8. The first kappa shape index (κ1) is 20.9. The molecule has 0 atom stereocenters. The molecule has 0 saturated carbocycles. The van der Waals surface area contributed by atoms with Crippen molar-refractivity contribution in [3.05, 3.63) is 40.2 Å². The van der Waals surface area contributed by atoms with Crippen LogP contribution in [0.5, 0.6) is 5.75 Å². The normalized spacial score (nSPS) is 14.7. The highest BCUT2D eigenvalue weighted by molar-refractivity contribution is 5.82. The average Bonchev–Trinajstić information content (AvgIpc) is 2.97. The third kappa shape index (κ3) is 5.14. The van der Waals surface area contributed by atoms with Crippen LogP contribution in [0, 0.1) is 0 Å². The maximum atomic E-state index is 12.5. The number of nitrogens with zero attached hydrogens (tertiary/aromatic N) is 2. The summed E-state index contributed by atoms with van der Waals surface area (Å²) in [5, 5.41) is 0.860. The Labute approximate surface area is 169 Å². The van der Waals surface area contributed by atoms with Crippen molar-refractivity contribution in [3.8, 4) is 5.75 Å². The third-order valence-electron chi connectivity index (χ3n) is 5.01. The van der Waals surface area contributed by atoms with Gasteiger partial charge in [0.1, 0.15) is 17.9 Å². The molecule has 0 aliphatic carbocycles. The van der Waals surface area contributed by atoms with Gasteiger partial charge in [0.25, 0.3) is 5.91 Å². The van der Waals surface area contributed by atoms with E-state index in [4.69, 9.17) is 13.9 Å². The van der Waals surface area contributed by atoms with Gasteiger partial charge >= 0.3 is 5.63 Å².